The monoisotopic (exact) mass is 405 g/mol. The third-order valence-electron chi connectivity index (χ3n) is 5.04. The number of carbonyl (C=O) groups is 2. The van der Waals surface area contributed by atoms with E-state index in [4.69, 9.17) is 7.85 Å². The second-order valence-electron chi connectivity index (χ2n) is 7.18. The summed E-state index contributed by atoms with van der Waals surface area (Å²) in [5, 5.41) is 0. The fraction of sp³-hybridized carbons (Fsp3) is 0.368. The van der Waals surface area contributed by atoms with Crippen molar-refractivity contribution >= 4 is 24.9 Å². The molecule has 0 N–H and O–H groups in total. The number of rotatable bonds is 3. The van der Waals surface area contributed by atoms with Crippen LogP contribution in [0.15, 0.2) is 23.2 Å². The quantitative estimate of drug-likeness (QED) is 0.183. The molecular weight excluding hydrogens is 389 g/mol. The lowest BCUT2D eigenvalue weighted by atomic mass is 9.90. The van der Waals surface area contributed by atoms with Crippen molar-refractivity contribution in [3.8, 4) is 0 Å². The zero-order chi connectivity index (χ0) is 21.0. The molecule has 4 aliphatic rings. The van der Waals surface area contributed by atoms with E-state index in [1.54, 1.807) is 0 Å². The van der Waals surface area contributed by atoms with Crippen LogP contribution in [0.5, 0.6) is 0 Å². The van der Waals surface area contributed by atoms with E-state index in [2.05, 4.69) is 0 Å². The highest BCUT2D eigenvalue weighted by Crippen LogP contribution is 2.33. The lowest BCUT2D eigenvalue weighted by Crippen LogP contribution is -2.29. The van der Waals surface area contributed by atoms with Crippen molar-refractivity contribution in [2.24, 2.45) is 0 Å². The molecule has 1 aliphatic carbocycles. The normalized spacial score (nSPS) is 19.9. The highest BCUT2D eigenvalue weighted by atomic mass is 19.2. The summed E-state index contributed by atoms with van der Waals surface area (Å²) in [5.41, 5.74) is 0.760. The number of ketones is 2. The Morgan fingerprint density at radius 2 is 1.24 bits per heavy atom. The van der Waals surface area contributed by atoms with Gasteiger partial charge in [0, 0.05) is 45.3 Å². The number of Topliss-reactive ketones (excluding diaryl/α,β-unsaturated/α-hetero) is 1. The molecule has 0 aromatic heterocycles. The largest absolute Gasteiger partial charge is 0.365 e. The molecule has 0 spiro atoms. The molecule has 29 heavy (non-hydrogen) atoms. The zero-order valence-corrected chi connectivity index (χ0v) is 15.6. The van der Waals surface area contributed by atoms with Crippen molar-refractivity contribution in [3.05, 3.63) is 52.0 Å². The zero-order valence-electron chi connectivity index (χ0n) is 15.6. The first-order valence-corrected chi connectivity index (χ1v) is 9.10. The van der Waals surface area contributed by atoms with E-state index in [1.807, 2.05) is 14.7 Å². The van der Waals surface area contributed by atoms with E-state index >= 15 is 0 Å². The van der Waals surface area contributed by atoms with Crippen LogP contribution in [0.3, 0.4) is 0 Å². The number of allylic oxidation sites excluding steroid dienone is 1. The predicted octanol–water partition coefficient (Wildman–Crippen LogP) is 0.526. The fourth-order valence-corrected chi connectivity index (χ4v) is 3.03. The molecule has 0 bridgehead atoms. The molecule has 0 unspecified atom stereocenters. The summed E-state index contributed by atoms with van der Waals surface area (Å²) in [7, 11) is 4.93. The lowest BCUT2D eigenvalue weighted by molar-refractivity contribution is -0.117. The van der Waals surface area contributed by atoms with Gasteiger partial charge in [0.2, 0.25) is 11.6 Å². The van der Waals surface area contributed by atoms with Gasteiger partial charge in [-0.1, -0.05) is 5.46 Å². The highest BCUT2D eigenvalue weighted by molar-refractivity contribution is 6.33. The average Bonchev–Trinajstić information content (AvgIpc) is 3.56. The molecule has 1 aromatic rings. The maximum absolute atomic E-state index is 12.6. The van der Waals surface area contributed by atoms with Crippen molar-refractivity contribution in [2.75, 3.05) is 39.3 Å². The molecule has 3 aliphatic heterocycles. The number of carbonyl (C=O) groups excluding carboxylic acids is 2. The van der Waals surface area contributed by atoms with E-state index in [1.165, 1.54) is 6.08 Å². The van der Waals surface area contributed by atoms with Gasteiger partial charge in [0.25, 0.3) is 0 Å². The van der Waals surface area contributed by atoms with Crippen molar-refractivity contribution in [1.29, 1.82) is 0 Å². The van der Waals surface area contributed by atoms with Crippen LogP contribution >= 0.6 is 0 Å². The van der Waals surface area contributed by atoms with Crippen molar-refractivity contribution in [2.45, 2.75) is 6.92 Å². The summed E-state index contributed by atoms with van der Waals surface area (Å²) in [4.78, 5) is 30.5. The molecule has 0 atom stereocenters. The van der Waals surface area contributed by atoms with Gasteiger partial charge in [-0.15, -0.1) is 0 Å². The first-order chi connectivity index (χ1) is 13.7. The predicted molar refractivity (Wildman–Crippen MR) is 96.2 cm³/mol. The van der Waals surface area contributed by atoms with Crippen LogP contribution in [-0.4, -0.2) is 73.4 Å². The molecule has 3 heterocycles. The number of nitrogens with zero attached hydrogens (tertiary/aromatic N) is 3. The fourth-order valence-electron chi connectivity index (χ4n) is 3.03. The minimum atomic E-state index is -1.88. The number of hydrogen-bond donors (Lipinski definition) is 0. The standard InChI is InChI=1S/C12H13N3O2.C7H3BF4/c16-9-7-8(13-1-2-13)12(17)11(15-5-6-15)10(9)14-3-4-14;1-2-3(8)5(10)7(12)6(11)4(2)9/h7H,1-6H2;1H3. The molecule has 5 nitrogen and oxygen atoms in total. The van der Waals surface area contributed by atoms with Crippen LogP contribution < -0.4 is 5.46 Å². The first kappa shape index (κ1) is 19.5. The Balaban J connectivity index is 0.000000152. The maximum Gasteiger partial charge on any atom is 0.227 e. The van der Waals surface area contributed by atoms with Crippen molar-refractivity contribution < 1.29 is 27.2 Å². The molecule has 3 fully saturated rings. The molecular formula is C19H16BF4N3O2. The second-order valence-corrected chi connectivity index (χ2v) is 7.18. The number of hydrogen-bond acceptors (Lipinski definition) is 5. The van der Waals surface area contributed by atoms with E-state index < -0.39 is 34.3 Å². The van der Waals surface area contributed by atoms with Crippen LogP contribution in [0, 0.1) is 30.2 Å². The topological polar surface area (TPSA) is 43.2 Å². The van der Waals surface area contributed by atoms with Gasteiger partial charge in [-0.2, -0.15) is 0 Å². The van der Waals surface area contributed by atoms with E-state index in [-0.39, 0.29) is 11.6 Å². The molecule has 2 radical (unpaired) electrons. The Kier molecular flexibility index (Phi) is 4.67. The Bertz CT molecular complexity index is 891. The van der Waals surface area contributed by atoms with Gasteiger partial charge in [-0.3, -0.25) is 9.59 Å². The molecule has 150 valence electrons. The van der Waals surface area contributed by atoms with Crippen LogP contribution in [0.25, 0.3) is 0 Å². The molecule has 0 saturated carbocycles. The van der Waals surface area contributed by atoms with Crippen LogP contribution in [-0.2, 0) is 9.59 Å². The van der Waals surface area contributed by atoms with Crippen molar-refractivity contribution in [3.63, 3.8) is 0 Å². The van der Waals surface area contributed by atoms with Gasteiger partial charge < -0.3 is 14.7 Å². The first-order valence-electron chi connectivity index (χ1n) is 9.10. The van der Waals surface area contributed by atoms with Gasteiger partial charge in [0.05, 0.1) is 5.70 Å². The average molecular weight is 405 g/mol. The Morgan fingerprint density at radius 3 is 1.76 bits per heavy atom. The third-order valence-corrected chi connectivity index (χ3v) is 5.04. The van der Waals surface area contributed by atoms with Gasteiger partial charge in [0.1, 0.15) is 19.2 Å². The van der Waals surface area contributed by atoms with Gasteiger partial charge in [0.15, 0.2) is 23.3 Å². The summed E-state index contributed by atoms with van der Waals surface area (Å²) < 4.78 is 49.8. The molecule has 10 heteroatoms. The molecule has 1 aromatic carbocycles. The minimum Gasteiger partial charge on any atom is -0.365 e. The van der Waals surface area contributed by atoms with Gasteiger partial charge in [-0.05, 0) is 12.5 Å². The summed E-state index contributed by atoms with van der Waals surface area (Å²) in [6, 6.07) is 0. The summed E-state index contributed by atoms with van der Waals surface area (Å²) in [5.74, 6) is -6.67. The molecule has 3 saturated heterocycles. The third kappa shape index (κ3) is 3.51. The minimum absolute atomic E-state index is 0.00546. The number of benzene rings is 1. The van der Waals surface area contributed by atoms with Gasteiger partial charge in [-0.25, -0.2) is 17.6 Å². The maximum atomic E-state index is 12.6. The molecule has 5 rings (SSSR count). The van der Waals surface area contributed by atoms with E-state index in [0.717, 1.165) is 46.2 Å². The van der Waals surface area contributed by atoms with Crippen molar-refractivity contribution in [1.82, 2.24) is 14.7 Å². The lowest BCUT2D eigenvalue weighted by Gasteiger charge is -2.21. The van der Waals surface area contributed by atoms with E-state index in [9.17, 15) is 27.2 Å². The SMILES string of the molecule is O=C1C=C(N2CC2)C(=O)C(N2CC2)=C1N1CC1.[B]c1c(C)c(F)c(F)c(F)c1F. The number of halogens is 4. The summed E-state index contributed by atoms with van der Waals surface area (Å²) in [6.07, 6.45) is 1.52. The smallest absolute Gasteiger partial charge is 0.227 e. The molecule has 0 amide bonds. The Morgan fingerprint density at radius 1 is 0.759 bits per heavy atom. The van der Waals surface area contributed by atoms with E-state index in [0.29, 0.717) is 17.1 Å². The Labute approximate surface area is 165 Å². The summed E-state index contributed by atoms with van der Waals surface area (Å²) >= 11 is 0. The Hall–Kier alpha value is -2.78. The van der Waals surface area contributed by atoms with Crippen LogP contribution in [0.1, 0.15) is 5.56 Å². The highest BCUT2D eigenvalue weighted by Gasteiger charge is 2.43. The summed E-state index contributed by atoms with van der Waals surface area (Å²) in [6.45, 7) is 6.47. The van der Waals surface area contributed by atoms with Crippen LogP contribution in [0.2, 0.25) is 0 Å². The second kappa shape index (κ2) is 6.93. The van der Waals surface area contributed by atoms with Gasteiger partial charge >= 0.3 is 0 Å². The van der Waals surface area contributed by atoms with Crippen LogP contribution in [0.4, 0.5) is 17.6 Å².